The van der Waals surface area contributed by atoms with Crippen LogP contribution in [0.5, 0.6) is 0 Å². The number of benzene rings is 2. The minimum Gasteiger partial charge on any atom is -0.478 e. The number of carboxylic acids is 1. The zero-order valence-electron chi connectivity index (χ0n) is 11.1. The second-order valence-electron chi connectivity index (χ2n) is 5.03. The smallest absolute Gasteiger partial charge is 0.335 e. The van der Waals surface area contributed by atoms with Gasteiger partial charge in [0.25, 0.3) is 0 Å². The number of hydrogen-bond acceptors (Lipinski definition) is 2. The average molecular weight is 306 g/mol. The summed E-state index contributed by atoms with van der Waals surface area (Å²) in [5.41, 5.74) is 2.76. The molecule has 0 spiro atoms. The first kappa shape index (κ1) is 13.9. The molecule has 0 unspecified atom stereocenters. The minimum absolute atomic E-state index is 0.119. The number of anilines is 1. The second-order valence-corrected chi connectivity index (χ2v) is 5.44. The SMILES string of the molecule is O=C(O)c1ccc2c(c1)CCN2Cc1cccc(Cl)c1F. The minimum atomic E-state index is -0.933. The van der Waals surface area contributed by atoms with Crippen molar-refractivity contribution in [3.63, 3.8) is 0 Å². The Morgan fingerprint density at radius 2 is 2.14 bits per heavy atom. The Hall–Kier alpha value is -2.07. The zero-order chi connectivity index (χ0) is 15.0. The van der Waals surface area contributed by atoms with Gasteiger partial charge in [-0.05, 0) is 36.2 Å². The van der Waals surface area contributed by atoms with E-state index in [0.29, 0.717) is 12.1 Å². The van der Waals surface area contributed by atoms with Crippen LogP contribution in [0, 0.1) is 5.82 Å². The molecule has 21 heavy (non-hydrogen) atoms. The number of carboxylic acid groups (broad SMARTS) is 1. The van der Waals surface area contributed by atoms with Crippen LogP contribution in [0.1, 0.15) is 21.5 Å². The van der Waals surface area contributed by atoms with E-state index in [1.54, 1.807) is 30.3 Å². The van der Waals surface area contributed by atoms with E-state index >= 15 is 0 Å². The van der Waals surface area contributed by atoms with E-state index in [9.17, 15) is 9.18 Å². The highest BCUT2D eigenvalue weighted by atomic mass is 35.5. The molecule has 0 aliphatic carbocycles. The normalized spacial score (nSPS) is 13.3. The fraction of sp³-hybridized carbons (Fsp3) is 0.188. The van der Waals surface area contributed by atoms with Crippen LogP contribution in [0.25, 0.3) is 0 Å². The van der Waals surface area contributed by atoms with Crippen molar-refractivity contribution >= 4 is 23.3 Å². The standard InChI is InChI=1S/C16H13ClFNO2/c17-13-3-1-2-12(15(13)18)9-19-7-6-10-8-11(16(20)21)4-5-14(10)19/h1-5,8H,6-7,9H2,(H,20,21). The molecule has 5 heteroatoms. The van der Waals surface area contributed by atoms with Crippen molar-refractivity contribution < 1.29 is 14.3 Å². The molecule has 1 aliphatic heterocycles. The van der Waals surface area contributed by atoms with Crippen molar-refractivity contribution in [3.05, 3.63) is 63.9 Å². The van der Waals surface area contributed by atoms with Gasteiger partial charge in [-0.1, -0.05) is 23.7 Å². The van der Waals surface area contributed by atoms with Gasteiger partial charge in [-0.3, -0.25) is 0 Å². The third-order valence-electron chi connectivity index (χ3n) is 3.71. The molecule has 0 radical (unpaired) electrons. The molecule has 1 N–H and O–H groups in total. The number of fused-ring (bicyclic) bond motifs is 1. The Labute approximate surface area is 126 Å². The Balaban J connectivity index is 1.88. The summed E-state index contributed by atoms with van der Waals surface area (Å²) in [7, 11) is 0. The largest absolute Gasteiger partial charge is 0.478 e. The second kappa shape index (κ2) is 5.37. The van der Waals surface area contributed by atoms with Gasteiger partial charge in [-0.2, -0.15) is 0 Å². The topological polar surface area (TPSA) is 40.5 Å². The first-order chi connectivity index (χ1) is 10.1. The maximum Gasteiger partial charge on any atom is 0.335 e. The third-order valence-corrected chi connectivity index (χ3v) is 4.00. The van der Waals surface area contributed by atoms with Gasteiger partial charge in [0.1, 0.15) is 5.82 Å². The van der Waals surface area contributed by atoms with Crippen molar-refractivity contribution in [1.82, 2.24) is 0 Å². The van der Waals surface area contributed by atoms with E-state index in [1.807, 2.05) is 4.90 Å². The van der Waals surface area contributed by atoms with Crippen LogP contribution in [0.4, 0.5) is 10.1 Å². The van der Waals surface area contributed by atoms with Crippen molar-refractivity contribution in [2.45, 2.75) is 13.0 Å². The molecule has 2 aromatic carbocycles. The van der Waals surface area contributed by atoms with E-state index in [1.165, 1.54) is 6.07 Å². The molecular weight excluding hydrogens is 293 g/mol. The summed E-state index contributed by atoms with van der Waals surface area (Å²) < 4.78 is 14.0. The molecule has 0 atom stereocenters. The van der Waals surface area contributed by atoms with Gasteiger partial charge in [0, 0.05) is 24.3 Å². The molecule has 1 heterocycles. The number of hydrogen-bond donors (Lipinski definition) is 1. The average Bonchev–Trinajstić information content (AvgIpc) is 2.86. The van der Waals surface area contributed by atoms with E-state index < -0.39 is 11.8 Å². The molecule has 1 aliphatic rings. The Morgan fingerprint density at radius 3 is 2.90 bits per heavy atom. The predicted octanol–water partition coefficient (Wildman–Crippen LogP) is 3.74. The summed E-state index contributed by atoms with van der Waals surface area (Å²) >= 11 is 5.80. The fourth-order valence-electron chi connectivity index (χ4n) is 2.64. The summed E-state index contributed by atoms with van der Waals surface area (Å²) in [4.78, 5) is 13.0. The number of halogens is 2. The van der Waals surface area contributed by atoms with Crippen molar-refractivity contribution in [2.24, 2.45) is 0 Å². The number of rotatable bonds is 3. The first-order valence-electron chi connectivity index (χ1n) is 6.60. The summed E-state index contributed by atoms with van der Waals surface area (Å²) in [5, 5.41) is 9.12. The van der Waals surface area contributed by atoms with Crippen LogP contribution in [-0.4, -0.2) is 17.6 Å². The monoisotopic (exact) mass is 305 g/mol. The van der Waals surface area contributed by atoms with Gasteiger partial charge in [-0.25, -0.2) is 9.18 Å². The van der Waals surface area contributed by atoms with Gasteiger partial charge >= 0.3 is 5.97 Å². The van der Waals surface area contributed by atoms with Gasteiger partial charge in [0.05, 0.1) is 10.6 Å². The molecule has 3 nitrogen and oxygen atoms in total. The molecule has 0 saturated heterocycles. The quantitative estimate of drug-likeness (QED) is 0.939. The molecule has 0 amide bonds. The predicted molar refractivity (Wildman–Crippen MR) is 79.6 cm³/mol. The van der Waals surface area contributed by atoms with Crippen LogP contribution in [-0.2, 0) is 13.0 Å². The lowest BCUT2D eigenvalue weighted by molar-refractivity contribution is 0.0697. The van der Waals surface area contributed by atoms with Crippen molar-refractivity contribution in [1.29, 1.82) is 0 Å². The Bertz CT molecular complexity index is 717. The summed E-state index contributed by atoms with van der Waals surface area (Å²) in [6.07, 6.45) is 0.763. The number of aromatic carboxylic acids is 1. The molecule has 0 aromatic heterocycles. The van der Waals surface area contributed by atoms with Crippen molar-refractivity contribution in [3.8, 4) is 0 Å². The van der Waals surface area contributed by atoms with Crippen LogP contribution < -0.4 is 4.90 Å². The highest BCUT2D eigenvalue weighted by molar-refractivity contribution is 6.30. The van der Waals surface area contributed by atoms with Crippen LogP contribution >= 0.6 is 11.6 Å². The lowest BCUT2D eigenvalue weighted by atomic mass is 10.1. The van der Waals surface area contributed by atoms with Gasteiger partial charge in [0.15, 0.2) is 0 Å². The molecule has 3 rings (SSSR count). The number of carbonyl (C=O) groups is 1. The van der Waals surface area contributed by atoms with Crippen molar-refractivity contribution in [2.75, 3.05) is 11.4 Å². The van der Waals surface area contributed by atoms with Gasteiger partial charge < -0.3 is 10.0 Å². The molecule has 0 fully saturated rings. The lowest BCUT2D eigenvalue weighted by Crippen LogP contribution is -2.20. The molecule has 2 aromatic rings. The van der Waals surface area contributed by atoms with Crippen LogP contribution in [0.3, 0.4) is 0 Å². The number of nitrogens with zero attached hydrogens (tertiary/aromatic N) is 1. The zero-order valence-corrected chi connectivity index (χ0v) is 11.9. The molecule has 108 valence electrons. The molecule has 0 saturated carbocycles. The van der Waals surface area contributed by atoms with E-state index in [2.05, 4.69) is 0 Å². The lowest BCUT2D eigenvalue weighted by Gasteiger charge is -2.20. The van der Waals surface area contributed by atoms with E-state index in [0.717, 1.165) is 24.2 Å². The highest BCUT2D eigenvalue weighted by Crippen LogP contribution is 2.31. The summed E-state index contributed by atoms with van der Waals surface area (Å²) in [6, 6.07) is 10.0. The first-order valence-corrected chi connectivity index (χ1v) is 6.98. The summed E-state index contributed by atoms with van der Waals surface area (Å²) in [6.45, 7) is 1.16. The summed E-state index contributed by atoms with van der Waals surface area (Å²) in [5.74, 6) is -1.33. The maximum atomic E-state index is 14.0. The molecule has 0 bridgehead atoms. The Kier molecular flexibility index (Phi) is 3.55. The van der Waals surface area contributed by atoms with Crippen LogP contribution in [0.2, 0.25) is 5.02 Å². The Morgan fingerprint density at radius 1 is 1.33 bits per heavy atom. The van der Waals surface area contributed by atoms with Gasteiger partial charge in [0.2, 0.25) is 0 Å². The molecular formula is C16H13ClFNO2. The van der Waals surface area contributed by atoms with Gasteiger partial charge in [-0.15, -0.1) is 0 Å². The van der Waals surface area contributed by atoms with E-state index in [4.69, 9.17) is 16.7 Å². The van der Waals surface area contributed by atoms with E-state index in [-0.39, 0.29) is 10.6 Å². The fourth-order valence-corrected chi connectivity index (χ4v) is 2.84. The third kappa shape index (κ3) is 2.59. The van der Waals surface area contributed by atoms with Crippen LogP contribution in [0.15, 0.2) is 36.4 Å². The highest BCUT2D eigenvalue weighted by Gasteiger charge is 2.21. The maximum absolute atomic E-state index is 14.0.